The highest BCUT2D eigenvalue weighted by molar-refractivity contribution is 6.30. The number of fused-ring (bicyclic) bond motifs is 1. The smallest absolute Gasteiger partial charge is 0.0409 e. The van der Waals surface area contributed by atoms with Crippen LogP contribution in [0.1, 0.15) is 17.5 Å². The predicted molar refractivity (Wildman–Crippen MR) is 51.5 cm³/mol. The molecule has 1 nitrogen and oxygen atoms in total. The van der Waals surface area contributed by atoms with E-state index in [0.717, 1.165) is 18.1 Å². The fourth-order valence-corrected chi connectivity index (χ4v) is 1.82. The molecule has 0 saturated carbocycles. The average Bonchev–Trinajstić information content (AvgIpc) is 2.28. The second kappa shape index (κ2) is 3.46. The lowest BCUT2D eigenvalue weighted by Gasteiger charge is -2.04. The highest BCUT2D eigenvalue weighted by Crippen LogP contribution is 2.18. The minimum Gasteiger partial charge on any atom is -0.313 e. The molecule has 1 N–H and O–H groups in total. The van der Waals surface area contributed by atoms with Gasteiger partial charge < -0.3 is 5.32 Å². The van der Waals surface area contributed by atoms with Crippen molar-refractivity contribution in [2.75, 3.05) is 6.54 Å². The second-order valence-electron chi connectivity index (χ2n) is 3.19. The van der Waals surface area contributed by atoms with Gasteiger partial charge in [0, 0.05) is 11.6 Å². The molecule has 1 aliphatic rings. The summed E-state index contributed by atoms with van der Waals surface area (Å²) in [7, 11) is 0. The second-order valence-corrected chi connectivity index (χ2v) is 3.63. The molecule has 0 unspecified atom stereocenters. The molecule has 1 heterocycles. The van der Waals surface area contributed by atoms with Gasteiger partial charge in [-0.05, 0) is 42.6 Å². The van der Waals surface area contributed by atoms with Crippen molar-refractivity contribution in [1.82, 2.24) is 5.32 Å². The van der Waals surface area contributed by atoms with E-state index in [1.807, 2.05) is 6.07 Å². The summed E-state index contributed by atoms with van der Waals surface area (Å²) in [5, 5.41) is 4.22. The van der Waals surface area contributed by atoms with Crippen LogP contribution in [0.2, 0.25) is 5.02 Å². The van der Waals surface area contributed by atoms with E-state index in [2.05, 4.69) is 17.4 Å². The maximum atomic E-state index is 5.90. The van der Waals surface area contributed by atoms with Crippen molar-refractivity contribution in [3.63, 3.8) is 0 Å². The Morgan fingerprint density at radius 3 is 3.08 bits per heavy atom. The van der Waals surface area contributed by atoms with Crippen molar-refractivity contribution in [2.45, 2.75) is 19.4 Å². The highest BCUT2D eigenvalue weighted by Gasteiger charge is 2.06. The van der Waals surface area contributed by atoms with Crippen LogP contribution in [0.25, 0.3) is 0 Å². The van der Waals surface area contributed by atoms with Gasteiger partial charge in [-0.1, -0.05) is 17.7 Å². The van der Waals surface area contributed by atoms with Gasteiger partial charge in [0.1, 0.15) is 0 Å². The van der Waals surface area contributed by atoms with Crippen LogP contribution < -0.4 is 5.32 Å². The molecular formula is C10H12ClN. The molecular weight excluding hydrogens is 170 g/mol. The minimum absolute atomic E-state index is 0.845. The number of rotatable bonds is 0. The molecule has 1 aromatic carbocycles. The van der Waals surface area contributed by atoms with Crippen molar-refractivity contribution in [2.24, 2.45) is 0 Å². The Balaban J connectivity index is 2.36. The van der Waals surface area contributed by atoms with E-state index in [1.54, 1.807) is 0 Å². The number of nitrogens with one attached hydrogen (secondary N) is 1. The van der Waals surface area contributed by atoms with Crippen LogP contribution in [0.4, 0.5) is 0 Å². The molecule has 0 radical (unpaired) electrons. The molecule has 0 aliphatic carbocycles. The van der Waals surface area contributed by atoms with Crippen LogP contribution in [-0.4, -0.2) is 6.54 Å². The first-order chi connectivity index (χ1) is 5.86. The largest absolute Gasteiger partial charge is 0.313 e. The Morgan fingerprint density at radius 1 is 1.25 bits per heavy atom. The average molecular weight is 182 g/mol. The number of hydrogen-bond donors (Lipinski definition) is 1. The molecule has 12 heavy (non-hydrogen) atoms. The maximum Gasteiger partial charge on any atom is 0.0409 e. The molecule has 0 fully saturated rings. The highest BCUT2D eigenvalue weighted by atomic mass is 35.5. The molecule has 2 rings (SSSR count). The zero-order valence-electron chi connectivity index (χ0n) is 6.94. The topological polar surface area (TPSA) is 12.0 Å². The lowest BCUT2D eigenvalue weighted by Crippen LogP contribution is -2.11. The third kappa shape index (κ3) is 1.62. The third-order valence-corrected chi connectivity index (χ3v) is 2.52. The van der Waals surface area contributed by atoms with Crippen molar-refractivity contribution in [3.8, 4) is 0 Å². The Hall–Kier alpha value is -0.530. The van der Waals surface area contributed by atoms with Crippen molar-refractivity contribution in [3.05, 3.63) is 34.3 Å². The summed E-state index contributed by atoms with van der Waals surface area (Å²) in [6.45, 7) is 2.09. The molecule has 0 amide bonds. The van der Waals surface area contributed by atoms with Gasteiger partial charge in [-0.25, -0.2) is 0 Å². The first kappa shape index (κ1) is 8.09. The van der Waals surface area contributed by atoms with E-state index in [1.165, 1.54) is 24.0 Å². The van der Waals surface area contributed by atoms with E-state index in [0.29, 0.717) is 0 Å². The number of benzene rings is 1. The molecule has 64 valence electrons. The lowest BCUT2D eigenvalue weighted by molar-refractivity contribution is 0.681. The van der Waals surface area contributed by atoms with Crippen LogP contribution >= 0.6 is 11.6 Å². The molecule has 0 saturated heterocycles. The molecule has 0 spiro atoms. The zero-order chi connectivity index (χ0) is 8.39. The number of halogens is 1. The lowest BCUT2D eigenvalue weighted by atomic mass is 10.0. The Labute approximate surface area is 77.7 Å². The van der Waals surface area contributed by atoms with Gasteiger partial charge in [-0.15, -0.1) is 0 Å². The predicted octanol–water partition coefficient (Wildman–Crippen LogP) is 2.38. The Bertz CT molecular complexity index is 283. The third-order valence-electron chi connectivity index (χ3n) is 2.28. The van der Waals surface area contributed by atoms with Gasteiger partial charge in [0.05, 0.1) is 0 Å². The van der Waals surface area contributed by atoms with Crippen LogP contribution in [0.15, 0.2) is 18.2 Å². The summed E-state index contributed by atoms with van der Waals surface area (Å²) in [4.78, 5) is 0. The number of aryl methyl sites for hydroxylation is 1. The first-order valence-electron chi connectivity index (χ1n) is 4.34. The van der Waals surface area contributed by atoms with Gasteiger partial charge in [0.15, 0.2) is 0 Å². The zero-order valence-corrected chi connectivity index (χ0v) is 7.69. The fourth-order valence-electron chi connectivity index (χ4n) is 1.63. The summed E-state index contributed by atoms with van der Waals surface area (Å²) in [6, 6.07) is 6.19. The van der Waals surface area contributed by atoms with E-state index in [9.17, 15) is 0 Å². The fraction of sp³-hybridized carbons (Fsp3) is 0.400. The Kier molecular flexibility index (Phi) is 2.33. The summed E-state index contributed by atoms with van der Waals surface area (Å²) >= 11 is 5.90. The van der Waals surface area contributed by atoms with Gasteiger partial charge in [0.25, 0.3) is 0 Å². The summed E-state index contributed by atoms with van der Waals surface area (Å²) in [5.41, 5.74) is 2.81. The number of hydrogen-bond acceptors (Lipinski definition) is 1. The van der Waals surface area contributed by atoms with Crippen molar-refractivity contribution < 1.29 is 0 Å². The molecule has 2 heteroatoms. The summed E-state index contributed by atoms with van der Waals surface area (Å²) in [5.74, 6) is 0. The van der Waals surface area contributed by atoms with Crippen molar-refractivity contribution in [1.29, 1.82) is 0 Å². The van der Waals surface area contributed by atoms with Gasteiger partial charge in [-0.2, -0.15) is 0 Å². The molecule has 0 bridgehead atoms. The van der Waals surface area contributed by atoms with E-state index in [-0.39, 0.29) is 0 Å². The summed E-state index contributed by atoms with van der Waals surface area (Å²) in [6.07, 6.45) is 2.41. The van der Waals surface area contributed by atoms with Gasteiger partial charge >= 0.3 is 0 Å². The van der Waals surface area contributed by atoms with Crippen molar-refractivity contribution >= 4 is 11.6 Å². The SMILES string of the molecule is Clc1ccc2c(c1)CNCCC2. The van der Waals surface area contributed by atoms with Crippen LogP contribution in [0, 0.1) is 0 Å². The van der Waals surface area contributed by atoms with E-state index < -0.39 is 0 Å². The standard InChI is InChI=1S/C10H12ClN/c11-10-4-3-8-2-1-5-12-7-9(8)6-10/h3-4,6,12H,1-2,5,7H2. The van der Waals surface area contributed by atoms with E-state index in [4.69, 9.17) is 11.6 Å². The van der Waals surface area contributed by atoms with Crippen LogP contribution in [0.5, 0.6) is 0 Å². The normalized spacial score (nSPS) is 16.8. The first-order valence-corrected chi connectivity index (χ1v) is 4.72. The maximum absolute atomic E-state index is 5.90. The van der Waals surface area contributed by atoms with Crippen LogP contribution in [-0.2, 0) is 13.0 Å². The monoisotopic (exact) mass is 181 g/mol. The molecule has 1 aliphatic heterocycles. The minimum atomic E-state index is 0.845. The van der Waals surface area contributed by atoms with Gasteiger partial charge in [0.2, 0.25) is 0 Å². The quantitative estimate of drug-likeness (QED) is 0.648. The molecule has 0 atom stereocenters. The van der Waals surface area contributed by atoms with Crippen LogP contribution in [0.3, 0.4) is 0 Å². The van der Waals surface area contributed by atoms with Gasteiger partial charge in [-0.3, -0.25) is 0 Å². The molecule has 1 aromatic rings. The Morgan fingerprint density at radius 2 is 2.17 bits per heavy atom. The van der Waals surface area contributed by atoms with E-state index >= 15 is 0 Å². The molecule has 0 aromatic heterocycles. The summed E-state index contributed by atoms with van der Waals surface area (Å²) < 4.78 is 0.